The zero-order valence-corrected chi connectivity index (χ0v) is 18.9. The number of carbonyl (C=O) groups is 2. The first-order valence-electron chi connectivity index (χ1n) is 10.8. The van der Waals surface area contributed by atoms with Gasteiger partial charge in [-0.25, -0.2) is 8.42 Å². The molecule has 1 aromatic carbocycles. The maximum Gasteiger partial charge on any atom is 0.246 e. The Labute approximate surface area is 183 Å². The molecule has 0 aromatic heterocycles. The Morgan fingerprint density at radius 2 is 1.74 bits per heavy atom. The smallest absolute Gasteiger partial charge is 0.246 e. The van der Waals surface area contributed by atoms with Crippen molar-refractivity contribution in [1.82, 2.24) is 14.1 Å². The molecule has 170 valence electrons. The minimum Gasteiger partial charge on any atom is -0.379 e. The van der Waals surface area contributed by atoms with Crippen LogP contribution in [0.2, 0.25) is 0 Å². The zero-order chi connectivity index (χ0) is 22.2. The fourth-order valence-corrected chi connectivity index (χ4v) is 6.07. The molecular formula is C21H30N4O5S. The molecule has 4 rings (SSSR count). The highest BCUT2D eigenvalue weighted by atomic mass is 32.2. The normalized spacial score (nSPS) is 23.1. The lowest BCUT2D eigenvalue weighted by Crippen LogP contribution is -2.55. The van der Waals surface area contributed by atoms with Crippen LogP contribution in [-0.2, 0) is 30.8 Å². The molecule has 10 heteroatoms. The number of piperazine rings is 1. The summed E-state index contributed by atoms with van der Waals surface area (Å²) in [5.41, 5.74) is 1.34. The molecule has 1 atom stereocenters. The van der Waals surface area contributed by atoms with Gasteiger partial charge < -0.3 is 14.5 Å². The van der Waals surface area contributed by atoms with Gasteiger partial charge in [-0.2, -0.15) is 4.31 Å². The average molecular weight is 451 g/mol. The van der Waals surface area contributed by atoms with E-state index in [0.717, 1.165) is 25.2 Å². The molecule has 31 heavy (non-hydrogen) atoms. The molecule has 2 saturated heterocycles. The number of ether oxygens (including phenoxy) is 1. The number of hydrogen-bond acceptors (Lipinski definition) is 6. The number of carbonyl (C=O) groups excluding carboxylic acids is 2. The van der Waals surface area contributed by atoms with Gasteiger partial charge in [0.05, 0.1) is 18.1 Å². The number of sulfonamides is 1. The maximum absolute atomic E-state index is 13.3. The van der Waals surface area contributed by atoms with E-state index in [-0.39, 0.29) is 16.7 Å². The summed E-state index contributed by atoms with van der Waals surface area (Å²) in [5.74, 6) is -0.284. The van der Waals surface area contributed by atoms with Crippen LogP contribution < -0.4 is 4.90 Å². The predicted molar refractivity (Wildman–Crippen MR) is 115 cm³/mol. The Kier molecular flexibility index (Phi) is 6.34. The summed E-state index contributed by atoms with van der Waals surface area (Å²) >= 11 is 0. The van der Waals surface area contributed by atoms with Crippen molar-refractivity contribution >= 4 is 27.5 Å². The van der Waals surface area contributed by atoms with Crippen LogP contribution >= 0.6 is 0 Å². The first-order valence-corrected chi connectivity index (χ1v) is 12.3. The molecule has 0 N–H and O–H groups in total. The molecule has 9 nitrogen and oxygen atoms in total. The highest BCUT2D eigenvalue weighted by Crippen LogP contribution is 2.35. The molecule has 3 heterocycles. The molecule has 2 amide bonds. The van der Waals surface area contributed by atoms with Gasteiger partial charge in [-0.1, -0.05) is 6.92 Å². The molecule has 3 aliphatic rings. The van der Waals surface area contributed by atoms with E-state index in [4.69, 9.17) is 4.74 Å². The van der Waals surface area contributed by atoms with Crippen LogP contribution in [0.4, 0.5) is 5.69 Å². The van der Waals surface area contributed by atoms with Crippen LogP contribution in [0.3, 0.4) is 0 Å². The molecule has 0 unspecified atom stereocenters. The van der Waals surface area contributed by atoms with E-state index in [1.807, 2.05) is 4.90 Å². The summed E-state index contributed by atoms with van der Waals surface area (Å²) in [6.07, 6.45) is 0.328. The van der Waals surface area contributed by atoms with Crippen molar-refractivity contribution in [3.8, 4) is 0 Å². The molecule has 0 saturated carbocycles. The monoisotopic (exact) mass is 450 g/mol. The van der Waals surface area contributed by atoms with Crippen LogP contribution in [0.1, 0.15) is 19.4 Å². The number of benzene rings is 1. The topological polar surface area (TPSA) is 90.5 Å². The van der Waals surface area contributed by atoms with Crippen molar-refractivity contribution in [1.29, 1.82) is 0 Å². The van der Waals surface area contributed by atoms with Crippen LogP contribution in [0.25, 0.3) is 0 Å². The largest absolute Gasteiger partial charge is 0.379 e. The standard InChI is InChI=1S/C21H30N4O5S/c1-3-22-6-8-23(9-7-22)21(27)20-15-17-14-18(4-5-19(17)25(20)16(2)26)31(28,29)24-10-12-30-13-11-24/h4-5,14,20H,3,6-13,15H2,1-2H3/t20-/m1/s1. The number of fused-ring (bicyclic) bond motifs is 1. The second-order valence-corrected chi connectivity index (χ2v) is 10.1. The maximum atomic E-state index is 13.3. The summed E-state index contributed by atoms with van der Waals surface area (Å²) < 4.78 is 32.8. The Balaban J connectivity index is 1.57. The third-order valence-electron chi connectivity index (χ3n) is 6.40. The van der Waals surface area contributed by atoms with Gasteiger partial charge in [0.2, 0.25) is 21.8 Å². The number of morpholine rings is 1. The van der Waals surface area contributed by atoms with Gasteiger partial charge in [0.25, 0.3) is 0 Å². The lowest BCUT2D eigenvalue weighted by Gasteiger charge is -2.36. The minimum absolute atomic E-state index is 0.0697. The van der Waals surface area contributed by atoms with Crippen LogP contribution in [0.15, 0.2) is 23.1 Å². The van der Waals surface area contributed by atoms with Crippen molar-refractivity contribution < 1.29 is 22.7 Å². The number of hydrogen-bond donors (Lipinski definition) is 0. The number of nitrogens with zero attached hydrogens (tertiary/aromatic N) is 4. The van der Waals surface area contributed by atoms with Crippen LogP contribution in [0, 0.1) is 0 Å². The van der Waals surface area contributed by atoms with Crippen molar-refractivity contribution in [3.05, 3.63) is 23.8 Å². The van der Waals surface area contributed by atoms with Gasteiger partial charge >= 0.3 is 0 Å². The number of rotatable bonds is 4. The van der Waals surface area contributed by atoms with E-state index in [0.29, 0.717) is 51.5 Å². The molecular weight excluding hydrogens is 420 g/mol. The molecule has 0 aliphatic carbocycles. The van der Waals surface area contributed by atoms with E-state index in [1.165, 1.54) is 22.2 Å². The number of anilines is 1. The highest BCUT2D eigenvalue weighted by molar-refractivity contribution is 7.89. The van der Waals surface area contributed by atoms with Gasteiger partial charge in [0.15, 0.2) is 0 Å². The summed E-state index contributed by atoms with van der Waals surface area (Å²) in [4.78, 5) is 31.6. The third kappa shape index (κ3) is 4.21. The van der Waals surface area contributed by atoms with Gasteiger partial charge in [0.1, 0.15) is 6.04 Å². The lowest BCUT2D eigenvalue weighted by atomic mass is 10.1. The fraction of sp³-hybridized carbons (Fsp3) is 0.619. The molecule has 3 aliphatic heterocycles. The van der Waals surface area contributed by atoms with Crippen molar-refractivity contribution in [2.45, 2.75) is 31.2 Å². The lowest BCUT2D eigenvalue weighted by molar-refractivity contribution is -0.135. The van der Waals surface area contributed by atoms with E-state index in [9.17, 15) is 18.0 Å². The number of amides is 2. The SMILES string of the molecule is CCN1CCN(C(=O)[C@H]2Cc3cc(S(=O)(=O)N4CCOCC4)ccc3N2C(C)=O)CC1. The van der Waals surface area contributed by atoms with E-state index < -0.39 is 16.1 Å². The summed E-state index contributed by atoms with van der Waals surface area (Å²) in [6.45, 7) is 8.84. The Bertz CT molecular complexity index is 953. The Morgan fingerprint density at radius 1 is 1.06 bits per heavy atom. The van der Waals surface area contributed by atoms with Crippen molar-refractivity contribution in [2.24, 2.45) is 0 Å². The van der Waals surface area contributed by atoms with E-state index >= 15 is 0 Å². The summed E-state index contributed by atoms with van der Waals surface area (Å²) in [7, 11) is -3.64. The molecule has 1 aromatic rings. The second-order valence-electron chi connectivity index (χ2n) is 8.18. The zero-order valence-electron chi connectivity index (χ0n) is 18.1. The van der Waals surface area contributed by atoms with Crippen molar-refractivity contribution in [2.75, 3.05) is 63.9 Å². The summed E-state index contributed by atoms with van der Waals surface area (Å²) in [6, 6.07) is 4.19. The van der Waals surface area contributed by atoms with Gasteiger partial charge in [-0.05, 0) is 30.3 Å². The van der Waals surface area contributed by atoms with Gasteiger partial charge in [-0.15, -0.1) is 0 Å². The van der Waals surface area contributed by atoms with Gasteiger partial charge in [0, 0.05) is 58.3 Å². The molecule has 0 radical (unpaired) electrons. The quantitative estimate of drug-likeness (QED) is 0.649. The average Bonchev–Trinajstić information content (AvgIpc) is 3.18. The first kappa shape index (κ1) is 22.2. The second kappa shape index (κ2) is 8.85. The predicted octanol–water partition coefficient (Wildman–Crippen LogP) is 0.149. The molecule has 2 fully saturated rings. The highest BCUT2D eigenvalue weighted by Gasteiger charge is 2.40. The summed E-state index contributed by atoms with van der Waals surface area (Å²) in [5, 5.41) is 0. The number of likely N-dealkylation sites (N-methyl/N-ethyl adjacent to an activating group) is 1. The van der Waals surface area contributed by atoms with E-state index in [1.54, 1.807) is 12.1 Å². The Morgan fingerprint density at radius 3 is 2.35 bits per heavy atom. The van der Waals surface area contributed by atoms with Crippen LogP contribution in [-0.4, -0.2) is 99.4 Å². The molecule has 0 bridgehead atoms. The third-order valence-corrected chi connectivity index (χ3v) is 8.29. The Hall–Kier alpha value is -2.01. The molecule has 0 spiro atoms. The van der Waals surface area contributed by atoms with E-state index in [2.05, 4.69) is 11.8 Å². The minimum atomic E-state index is -3.64. The van der Waals surface area contributed by atoms with Crippen LogP contribution in [0.5, 0.6) is 0 Å². The van der Waals surface area contributed by atoms with Gasteiger partial charge in [-0.3, -0.25) is 14.5 Å². The fourth-order valence-electron chi connectivity index (χ4n) is 4.61. The first-order chi connectivity index (χ1) is 14.8. The van der Waals surface area contributed by atoms with Crippen molar-refractivity contribution in [3.63, 3.8) is 0 Å².